The first-order chi connectivity index (χ1) is 9.52. The molecule has 0 radical (unpaired) electrons. The second-order valence-electron chi connectivity index (χ2n) is 4.08. The molecule has 0 aliphatic heterocycles. The van der Waals surface area contributed by atoms with Crippen LogP contribution in [0.25, 0.3) is 0 Å². The van der Waals surface area contributed by atoms with Gasteiger partial charge in [0.2, 0.25) is 0 Å². The summed E-state index contributed by atoms with van der Waals surface area (Å²) in [7, 11) is 0. The molecule has 0 spiro atoms. The summed E-state index contributed by atoms with van der Waals surface area (Å²) in [5.41, 5.74) is 3.56. The van der Waals surface area contributed by atoms with Crippen LogP contribution < -0.4 is 16.6 Å². The van der Waals surface area contributed by atoms with Gasteiger partial charge in [0.15, 0.2) is 11.6 Å². The van der Waals surface area contributed by atoms with E-state index < -0.39 is 11.7 Å². The molecule has 0 aliphatic rings. The zero-order valence-corrected chi connectivity index (χ0v) is 12.2. The molecule has 4 N–H and O–H groups in total. The van der Waals surface area contributed by atoms with Crippen LogP contribution in [-0.2, 0) is 0 Å². The number of hydrazine groups is 1. The Morgan fingerprint density at radius 3 is 2.80 bits per heavy atom. The molecule has 20 heavy (non-hydrogen) atoms. The minimum absolute atomic E-state index is 0.135. The van der Waals surface area contributed by atoms with Gasteiger partial charge in [0.1, 0.15) is 0 Å². The molecule has 1 aromatic carbocycles. The number of aromatic nitrogens is 1. The van der Waals surface area contributed by atoms with Crippen molar-refractivity contribution in [3.8, 4) is 0 Å². The van der Waals surface area contributed by atoms with Crippen molar-refractivity contribution in [1.29, 1.82) is 0 Å². The summed E-state index contributed by atoms with van der Waals surface area (Å²) in [6.07, 6.45) is 1.30. The van der Waals surface area contributed by atoms with Crippen LogP contribution in [0.4, 0.5) is 15.9 Å². The van der Waals surface area contributed by atoms with Crippen molar-refractivity contribution in [1.82, 2.24) is 4.98 Å². The average Bonchev–Trinajstić information content (AvgIpc) is 2.43. The number of nitrogen functional groups attached to an aromatic ring is 1. The molecule has 104 valence electrons. The number of amides is 1. The number of halogens is 2. The van der Waals surface area contributed by atoms with E-state index in [2.05, 4.69) is 31.7 Å². The highest BCUT2D eigenvalue weighted by Gasteiger charge is 2.15. The maximum atomic E-state index is 13.9. The summed E-state index contributed by atoms with van der Waals surface area (Å²) in [6.45, 7) is 1.93. The normalized spacial score (nSPS) is 10.2. The van der Waals surface area contributed by atoms with E-state index in [0.717, 1.165) is 10.0 Å². The van der Waals surface area contributed by atoms with Crippen molar-refractivity contribution >= 4 is 33.3 Å². The van der Waals surface area contributed by atoms with E-state index in [4.69, 9.17) is 5.84 Å². The lowest BCUT2D eigenvalue weighted by molar-refractivity contribution is 0.102. The number of hydrogen-bond donors (Lipinski definition) is 3. The first kappa shape index (κ1) is 14.4. The largest absolute Gasteiger partial charge is 0.322 e. The van der Waals surface area contributed by atoms with Crippen molar-refractivity contribution in [2.45, 2.75) is 6.92 Å². The van der Waals surface area contributed by atoms with Gasteiger partial charge in [0, 0.05) is 16.4 Å². The number of carbonyl (C=O) groups is 1. The second-order valence-corrected chi connectivity index (χ2v) is 4.94. The molecule has 2 rings (SSSR count). The van der Waals surface area contributed by atoms with Gasteiger partial charge < -0.3 is 10.7 Å². The van der Waals surface area contributed by atoms with Crippen molar-refractivity contribution < 1.29 is 9.18 Å². The molecule has 1 amide bonds. The Kier molecular flexibility index (Phi) is 4.31. The number of rotatable bonds is 3. The first-order valence-electron chi connectivity index (χ1n) is 5.71. The van der Waals surface area contributed by atoms with Gasteiger partial charge in [-0.25, -0.2) is 15.2 Å². The Morgan fingerprint density at radius 2 is 2.15 bits per heavy atom. The molecule has 0 saturated carbocycles. The highest BCUT2D eigenvalue weighted by atomic mass is 79.9. The monoisotopic (exact) mass is 338 g/mol. The zero-order chi connectivity index (χ0) is 14.7. The molecule has 0 unspecified atom stereocenters. The van der Waals surface area contributed by atoms with E-state index in [9.17, 15) is 9.18 Å². The van der Waals surface area contributed by atoms with Crippen LogP contribution in [-0.4, -0.2) is 10.9 Å². The number of nitrogens with zero attached hydrogens (tertiary/aromatic N) is 1. The van der Waals surface area contributed by atoms with E-state index in [1.807, 2.05) is 13.0 Å². The lowest BCUT2D eigenvalue weighted by atomic mass is 10.2. The summed E-state index contributed by atoms with van der Waals surface area (Å²) in [6, 6.07) is 6.61. The van der Waals surface area contributed by atoms with Crippen LogP contribution >= 0.6 is 15.9 Å². The predicted octanol–water partition coefficient (Wildman–Crippen LogP) is 2.83. The number of aryl methyl sites for hydroxylation is 1. The molecule has 5 nitrogen and oxygen atoms in total. The van der Waals surface area contributed by atoms with Gasteiger partial charge >= 0.3 is 0 Å². The topological polar surface area (TPSA) is 80.0 Å². The highest BCUT2D eigenvalue weighted by molar-refractivity contribution is 9.10. The molecule has 0 aliphatic carbocycles. The van der Waals surface area contributed by atoms with Crippen LogP contribution in [0.1, 0.15) is 15.9 Å². The Labute approximate surface area is 123 Å². The average molecular weight is 339 g/mol. The standard InChI is InChI=1S/C13H12BrFN4O/c1-7-2-3-8(6-10(7)14)18-13(20)9-4-5-17-12(19-16)11(9)15/h2-6H,16H2,1H3,(H,17,19)(H,18,20). The quantitative estimate of drug-likeness (QED) is 0.593. The summed E-state index contributed by atoms with van der Waals surface area (Å²) in [5.74, 6) is 3.58. The van der Waals surface area contributed by atoms with Gasteiger partial charge in [-0.1, -0.05) is 22.0 Å². The molecular formula is C13H12BrFN4O. The molecule has 2 aromatic rings. The third-order valence-corrected chi connectivity index (χ3v) is 3.55. The number of nitrogens with one attached hydrogen (secondary N) is 2. The number of benzene rings is 1. The third kappa shape index (κ3) is 2.94. The summed E-state index contributed by atoms with van der Waals surface area (Å²) in [4.78, 5) is 15.7. The van der Waals surface area contributed by atoms with Crippen LogP contribution in [0.5, 0.6) is 0 Å². The number of pyridine rings is 1. The summed E-state index contributed by atoms with van der Waals surface area (Å²) < 4.78 is 14.8. The van der Waals surface area contributed by atoms with Gasteiger partial charge in [0.25, 0.3) is 5.91 Å². The number of carbonyl (C=O) groups excluding carboxylic acids is 1. The van der Waals surface area contributed by atoms with Gasteiger partial charge in [-0.05, 0) is 30.7 Å². The molecule has 0 atom stereocenters. The van der Waals surface area contributed by atoms with E-state index in [1.165, 1.54) is 12.3 Å². The Morgan fingerprint density at radius 1 is 1.40 bits per heavy atom. The summed E-state index contributed by atoms with van der Waals surface area (Å²) in [5, 5.41) is 2.61. The molecule has 0 fully saturated rings. The molecule has 1 heterocycles. The van der Waals surface area contributed by atoms with Gasteiger partial charge in [-0.15, -0.1) is 0 Å². The number of nitrogens with two attached hydrogens (primary N) is 1. The first-order valence-corrected chi connectivity index (χ1v) is 6.51. The van der Waals surface area contributed by atoms with Crippen LogP contribution in [0.3, 0.4) is 0 Å². The Bertz CT molecular complexity index is 663. The second kappa shape index (κ2) is 5.98. The highest BCUT2D eigenvalue weighted by Crippen LogP contribution is 2.22. The molecule has 7 heteroatoms. The van der Waals surface area contributed by atoms with Crippen molar-refractivity contribution in [3.63, 3.8) is 0 Å². The summed E-state index contributed by atoms with van der Waals surface area (Å²) >= 11 is 3.37. The predicted molar refractivity (Wildman–Crippen MR) is 78.8 cm³/mol. The minimum Gasteiger partial charge on any atom is -0.322 e. The number of hydrogen-bond acceptors (Lipinski definition) is 4. The lowest BCUT2D eigenvalue weighted by Gasteiger charge is -2.09. The molecular weight excluding hydrogens is 327 g/mol. The fourth-order valence-electron chi connectivity index (χ4n) is 1.59. The van der Waals surface area contributed by atoms with Crippen LogP contribution in [0.15, 0.2) is 34.9 Å². The SMILES string of the molecule is Cc1ccc(NC(=O)c2ccnc(NN)c2F)cc1Br. The van der Waals surface area contributed by atoms with Crippen molar-refractivity contribution in [3.05, 3.63) is 51.9 Å². The Hall–Kier alpha value is -1.99. The molecule has 1 aromatic heterocycles. The van der Waals surface area contributed by atoms with Crippen LogP contribution in [0, 0.1) is 12.7 Å². The van der Waals surface area contributed by atoms with Gasteiger partial charge in [0.05, 0.1) is 5.56 Å². The maximum Gasteiger partial charge on any atom is 0.258 e. The smallest absolute Gasteiger partial charge is 0.258 e. The molecule has 0 bridgehead atoms. The van der Waals surface area contributed by atoms with Crippen molar-refractivity contribution in [2.75, 3.05) is 10.7 Å². The van der Waals surface area contributed by atoms with Crippen LogP contribution in [0.2, 0.25) is 0 Å². The Balaban J connectivity index is 2.26. The third-order valence-electron chi connectivity index (χ3n) is 2.70. The van der Waals surface area contributed by atoms with E-state index in [-0.39, 0.29) is 11.4 Å². The van der Waals surface area contributed by atoms with E-state index in [1.54, 1.807) is 12.1 Å². The lowest BCUT2D eigenvalue weighted by Crippen LogP contribution is -2.17. The minimum atomic E-state index is -0.793. The molecule has 0 saturated heterocycles. The maximum absolute atomic E-state index is 13.9. The van der Waals surface area contributed by atoms with Gasteiger partial charge in [-0.2, -0.15) is 0 Å². The van der Waals surface area contributed by atoms with Gasteiger partial charge in [-0.3, -0.25) is 4.79 Å². The van der Waals surface area contributed by atoms with Crippen molar-refractivity contribution in [2.24, 2.45) is 5.84 Å². The van der Waals surface area contributed by atoms with E-state index in [0.29, 0.717) is 5.69 Å². The van der Waals surface area contributed by atoms with E-state index >= 15 is 0 Å². The fourth-order valence-corrected chi connectivity index (χ4v) is 1.97. The fraction of sp³-hybridized carbons (Fsp3) is 0.0769. The number of anilines is 2. The zero-order valence-electron chi connectivity index (χ0n) is 10.6.